The van der Waals surface area contributed by atoms with Gasteiger partial charge in [-0.05, 0) is 46.5 Å². The van der Waals surface area contributed by atoms with E-state index in [9.17, 15) is 13.2 Å². The Hall–Kier alpha value is -2.75. The van der Waals surface area contributed by atoms with Crippen LogP contribution in [0.3, 0.4) is 0 Å². The summed E-state index contributed by atoms with van der Waals surface area (Å²) in [7, 11) is -4.02. The van der Waals surface area contributed by atoms with Gasteiger partial charge in [-0.3, -0.25) is 4.79 Å². The Bertz CT molecular complexity index is 1240. The number of nitrogens with two attached hydrogens (primary N) is 1. The fourth-order valence-electron chi connectivity index (χ4n) is 3.99. The van der Waals surface area contributed by atoms with E-state index >= 15 is 0 Å². The number of thiophene rings is 1. The molecule has 1 aromatic carbocycles. The summed E-state index contributed by atoms with van der Waals surface area (Å²) in [5, 5.41) is 13.4. The molecule has 1 unspecified atom stereocenters. The van der Waals surface area contributed by atoms with Gasteiger partial charge in [0.1, 0.15) is 16.6 Å². The zero-order chi connectivity index (χ0) is 25.7. The van der Waals surface area contributed by atoms with Crippen molar-refractivity contribution in [1.82, 2.24) is 4.98 Å². The minimum absolute atomic E-state index is 0.0122. The Morgan fingerprint density at radius 1 is 1.11 bits per heavy atom. The molecule has 0 spiro atoms. The standard InChI is InChI=1S/C26H33N3O4S2/c1-4-5-15-25(2,3)20-13-11-19(12-14-20)17-26(27,35(32,33)24-10-7-16-34-24)21-8-6-9-22(29-21)28-18-23(30)31/h6-14,16H,4-5,15,17-18,27H2,1-3H3,(H,28,29)(H,30,31). The van der Waals surface area contributed by atoms with Gasteiger partial charge in [-0.25, -0.2) is 13.4 Å². The smallest absolute Gasteiger partial charge is 0.322 e. The third-order valence-corrected chi connectivity index (χ3v) is 9.79. The number of carboxylic acids is 1. The average molecular weight is 516 g/mol. The van der Waals surface area contributed by atoms with Crippen LogP contribution in [0.25, 0.3) is 0 Å². The molecule has 0 radical (unpaired) electrons. The second-order valence-corrected chi connectivity index (χ2v) is 12.7. The van der Waals surface area contributed by atoms with Crippen LogP contribution in [-0.2, 0) is 31.3 Å². The topological polar surface area (TPSA) is 122 Å². The van der Waals surface area contributed by atoms with Gasteiger partial charge in [0.2, 0.25) is 9.84 Å². The summed E-state index contributed by atoms with van der Waals surface area (Å²) in [6.45, 7) is 6.26. The lowest BCUT2D eigenvalue weighted by Gasteiger charge is -2.29. The zero-order valence-electron chi connectivity index (χ0n) is 20.3. The van der Waals surface area contributed by atoms with Gasteiger partial charge in [0, 0.05) is 6.42 Å². The maximum Gasteiger partial charge on any atom is 0.322 e. The van der Waals surface area contributed by atoms with Crippen molar-refractivity contribution in [3.05, 3.63) is 76.8 Å². The maximum absolute atomic E-state index is 13.8. The van der Waals surface area contributed by atoms with Gasteiger partial charge >= 0.3 is 5.97 Å². The van der Waals surface area contributed by atoms with E-state index < -0.39 is 20.7 Å². The number of anilines is 1. The monoisotopic (exact) mass is 515 g/mol. The molecule has 0 amide bonds. The van der Waals surface area contributed by atoms with Crippen LogP contribution in [0.5, 0.6) is 0 Å². The summed E-state index contributed by atoms with van der Waals surface area (Å²) in [6.07, 6.45) is 3.34. The van der Waals surface area contributed by atoms with Crippen molar-refractivity contribution in [2.45, 2.75) is 60.9 Å². The predicted octanol–water partition coefficient (Wildman–Crippen LogP) is 4.94. The number of aliphatic carboxylic acids is 1. The Morgan fingerprint density at radius 2 is 1.83 bits per heavy atom. The third kappa shape index (κ3) is 6.09. The number of aromatic nitrogens is 1. The van der Waals surface area contributed by atoms with Crippen LogP contribution in [0.1, 0.15) is 56.9 Å². The SMILES string of the molecule is CCCCC(C)(C)c1ccc(CC(N)(c2cccc(NCC(=O)O)n2)S(=O)(=O)c2cccs2)cc1. The average Bonchev–Trinajstić information content (AvgIpc) is 3.38. The second kappa shape index (κ2) is 10.9. The van der Waals surface area contributed by atoms with E-state index in [2.05, 4.69) is 31.1 Å². The highest BCUT2D eigenvalue weighted by Gasteiger charge is 2.45. The first-order chi connectivity index (χ1) is 16.5. The summed E-state index contributed by atoms with van der Waals surface area (Å²) >= 11 is 1.10. The van der Waals surface area contributed by atoms with Gasteiger partial charge < -0.3 is 16.2 Å². The highest BCUT2D eigenvalue weighted by atomic mass is 32.2. The van der Waals surface area contributed by atoms with Gasteiger partial charge in [0.25, 0.3) is 0 Å². The number of carboxylic acid groups (broad SMARTS) is 1. The highest BCUT2D eigenvalue weighted by molar-refractivity contribution is 7.94. The van der Waals surface area contributed by atoms with E-state index in [1.165, 1.54) is 11.6 Å². The molecule has 2 heterocycles. The number of hydrogen-bond donors (Lipinski definition) is 3. The molecular formula is C26H33N3O4S2. The number of nitrogens with zero attached hydrogens (tertiary/aromatic N) is 1. The Labute approximate surface area is 211 Å². The number of hydrogen-bond acceptors (Lipinski definition) is 7. The van der Waals surface area contributed by atoms with Gasteiger partial charge in [-0.1, -0.05) is 70.0 Å². The molecule has 35 heavy (non-hydrogen) atoms. The van der Waals surface area contributed by atoms with Gasteiger partial charge in [-0.15, -0.1) is 11.3 Å². The van der Waals surface area contributed by atoms with Gasteiger partial charge in [0.15, 0.2) is 4.87 Å². The molecule has 1 atom stereocenters. The number of unbranched alkanes of at least 4 members (excludes halogenated alkanes) is 1. The zero-order valence-corrected chi connectivity index (χ0v) is 22.0. The van der Waals surface area contributed by atoms with Gasteiger partial charge in [0.05, 0.1) is 5.69 Å². The molecule has 3 aromatic rings. The fourth-order valence-corrected chi connectivity index (χ4v) is 6.92. The predicted molar refractivity (Wildman–Crippen MR) is 140 cm³/mol. The molecule has 2 aromatic heterocycles. The van der Waals surface area contributed by atoms with Crippen molar-refractivity contribution in [3.8, 4) is 0 Å². The summed E-state index contributed by atoms with van der Waals surface area (Å²) < 4.78 is 27.7. The molecule has 3 rings (SSSR count). The van der Waals surface area contributed by atoms with Crippen molar-refractivity contribution in [3.63, 3.8) is 0 Å². The molecule has 0 aliphatic heterocycles. The number of rotatable bonds is 12. The van der Waals surface area contributed by atoms with Crippen molar-refractivity contribution < 1.29 is 18.3 Å². The van der Waals surface area contributed by atoms with Crippen LogP contribution in [0, 0.1) is 0 Å². The Kier molecular flexibility index (Phi) is 8.35. The van der Waals surface area contributed by atoms with Crippen molar-refractivity contribution in [2.75, 3.05) is 11.9 Å². The molecular weight excluding hydrogens is 482 g/mol. The molecule has 0 saturated carbocycles. The third-order valence-electron chi connectivity index (χ3n) is 6.20. The number of carbonyl (C=O) groups is 1. The summed E-state index contributed by atoms with van der Waals surface area (Å²) in [4.78, 5) is 13.5. The lowest BCUT2D eigenvalue weighted by molar-refractivity contribution is -0.134. The lowest BCUT2D eigenvalue weighted by Crippen LogP contribution is -2.47. The van der Waals surface area contributed by atoms with E-state index in [4.69, 9.17) is 10.8 Å². The van der Waals surface area contributed by atoms with E-state index in [0.29, 0.717) is 0 Å². The van der Waals surface area contributed by atoms with Crippen LogP contribution in [0.15, 0.2) is 64.2 Å². The van der Waals surface area contributed by atoms with Crippen LogP contribution in [-0.4, -0.2) is 31.0 Å². The van der Waals surface area contributed by atoms with E-state index in [-0.39, 0.29) is 34.1 Å². The van der Waals surface area contributed by atoms with E-state index in [1.807, 2.05) is 24.3 Å². The summed E-state index contributed by atoms with van der Waals surface area (Å²) in [5.41, 5.74) is 8.87. The minimum Gasteiger partial charge on any atom is -0.480 e. The quantitative estimate of drug-likeness (QED) is 0.312. The molecule has 0 saturated heterocycles. The van der Waals surface area contributed by atoms with E-state index in [0.717, 1.165) is 36.2 Å². The number of sulfone groups is 1. The molecule has 0 aliphatic rings. The maximum atomic E-state index is 13.8. The summed E-state index contributed by atoms with van der Waals surface area (Å²) in [5.74, 6) is -0.807. The first kappa shape index (κ1) is 26.8. The van der Waals surface area contributed by atoms with Crippen LogP contribution >= 0.6 is 11.3 Å². The second-order valence-electron chi connectivity index (χ2n) is 9.34. The molecule has 0 aliphatic carbocycles. The highest BCUT2D eigenvalue weighted by Crippen LogP contribution is 2.36. The molecule has 7 nitrogen and oxygen atoms in total. The number of pyridine rings is 1. The first-order valence-electron chi connectivity index (χ1n) is 11.6. The summed E-state index contributed by atoms with van der Waals surface area (Å²) in [6, 6.07) is 15.9. The molecule has 188 valence electrons. The normalized spacial score (nSPS) is 13.8. The molecule has 9 heteroatoms. The van der Waals surface area contributed by atoms with Gasteiger partial charge in [-0.2, -0.15) is 0 Å². The fraction of sp³-hybridized carbons (Fsp3) is 0.385. The lowest BCUT2D eigenvalue weighted by atomic mass is 9.80. The van der Waals surface area contributed by atoms with Crippen LogP contribution in [0.4, 0.5) is 5.82 Å². The molecule has 0 bridgehead atoms. The van der Waals surface area contributed by atoms with Crippen molar-refractivity contribution >= 4 is 33.0 Å². The molecule has 4 N–H and O–H groups in total. The largest absolute Gasteiger partial charge is 0.480 e. The minimum atomic E-state index is -4.02. The van der Waals surface area contributed by atoms with Crippen LogP contribution < -0.4 is 11.1 Å². The number of benzene rings is 1. The van der Waals surface area contributed by atoms with Crippen LogP contribution in [0.2, 0.25) is 0 Å². The van der Waals surface area contributed by atoms with E-state index in [1.54, 1.807) is 29.6 Å². The van der Waals surface area contributed by atoms with Crippen molar-refractivity contribution in [1.29, 1.82) is 0 Å². The Balaban J connectivity index is 2.01. The number of nitrogens with one attached hydrogen (secondary N) is 1. The molecule has 0 fully saturated rings. The Morgan fingerprint density at radius 3 is 2.43 bits per heavy atom. The van der Waals surface area contributed by atoms with Crippen molar-refractivity contribution in [2.24, 2.45) is 5.73 Å². The first-order valence-corrected chi connectivity index (χ1v) is 14.0.